The average molecular weight is 549 g/mol. The maximum absolute atomic E-state index is 13.2. The van der Waals surface area contributed by atoms with E-state index in [0.29, 0.717) is 29.3 Å². The molecule has 1 N–H and O–H groups in total. The van der Waals surface area contributed by atoms with Gasteiger partial charge in [-0.15, -0.1) is 0 Å². The van der Waals surface area contributed by atoms with Crippen molar-refractivity contribution in [2.45, 2.75) is 88.6 Å². The smallest absolute Gasteiger partial charge is 0.243 e. The van der Waals surface area contributed by atoms with Gasteiger partial charge in [0.1, 0.15) is 5.75 Å². The number of carbonyl (C=O) groups is 1. The van der Waals surface area contributed by atoms with Crippen LogP contribution in [0.3, 0.4) is 0 Å². The van der Waals surface area contributed by atoms with E-state index >= 15 is 0 Å². The van der Waals surface area contributed by atoms with Crippen molar-refractivity contribution in [1.82, 2.24) is 19.4 Å². The van der Waals surface area contributed by atoms with Gasteiger partial charge in [-0.1, -0.05) is 0 Å². The van der Waals surface area contributed by atoms with Crippen molar-refractivity contribution in [3.8, 4) is 5.75 Å². The molecule has 214 valence electrons. The lowest BCUT2D eigenvalue weighted by Crippen LogP contribution is -2.47. The molecule has 9 heteroatoms. The number of aryl methyl sites for hydroxylation is 2. The minimum atomic E-state index is -3.69. The Morgan fingerprint density at radius 2 is 1.47 bits per heavy atom. The first-order valence-corrected chi connectivity index (χ1v) is 16.0. The second-order valence-corrected chi connectivity index (χ2v) is 13.6. The number of sulfonamides is 1. The Morgan fingerprint density at radius 1 is 0.947 bits per heavy atom. The largest absolute Gasteiger partial charge is 0.497 e. The summed E-state index contributed by atoms with van der Waals surface area (Å²) in [7, 11) is -0.584. The zero-order valence-electron chi connectivity index (χ0n) is 23.9. The zero-order chi connectivity index (χ0) is 27.3. The first-order chi connectivity index (χ1) is 18.2. The average Bonchev–Trinajstić information content (AvgIpc) is 3.45. The first-order valence-electron chi connectivity index (χ1n) is 14.6. The molecule has 8 nitrogen and oxygen atoms in total. The molecular weight excluding hydrogens is 500 g/mol. The quantitative estimate of drug-likeness (QED) is 0.482. The Kier molecular flexibility index (Phi) is 10.1. The summed E-state index contributed by atoms with van der Waals surface area (Å²) in [5.74, 6) is 1.05. The number of amides is 1. The number of rotatable bonds is 10. The zero-order valence-corrected chi connectivity index (χ0v) is 24.7. The normalized spacial score (nSPS) is 24.1. The number of nitrogens with zero attached hydrogens (tertiary/aromatic N) is 3. The number of benzene rings is 1. The van der Waals surface area contributed by atoms with E-state index in [2.05, 4.69) is 15.1 Å². The van der Waals surface area contributed by atoms with Crippen LogP contribution in [-0.4, -0.2) is 93.9 Å². The second kappa shape index (κ2) is 13.1. The highest BCUT2D eigenvalue weighted by atomic mass is 32.2. The number of ether oxygens (including phenoxy) is 1. The minimum absolute atomic E-state index is 0.0853. The third kappa shape index (κ3) is 7.09. The molecule has 1 aromatic carbocycles. The van der Waals surface area contributed by atoms with Gasteiger partial charge in [0.05, 0.1) is 12.0 Å². The Bertz CT molecular complexity index is 1020. The van der Waals surface area contributed by atoms with Gasteiger partial charge in [0.2, 0.25) is 15.9 Å². The van der Waals surface area contributed by atoms with E-state index < -0.39 is 10.0 Å². The number of methoxy groups -OCH3 is 1. The van der Waals surface area contributed by atoms with E-state index in [1.165, 1.54) is 55.9 Å². The standard InChI is InChI=1S/C29H48N4O4S/c1-22-19-27(37-4)20-23(2)29(22)38(35,36)31(3)16-13-28(34)30-21-24-11-17-33(18-12-24)26-9-7-25(8-10-26)32-14-5-6-15-32/h19-20,24-26H,5-18,21H2,1-4H3,(H,30,34). The van der Waals surface area contributed by atoms with Crippen LogP contribution in [0.2, 0.25) is 0 Å². The molecular formula is C29H48N4O4S. The number of carbonyl (C=O) groups excluding carboxylic acids is 1. The SMILES string of the molecule is COc1cc(C)c(S(=O)(=O)N(C)CCC(=O)NCC2CCN(C3CCC(N4CCCC4)CC3)CC2)c(C)c1. The molecule has 0 unspecified atom stereocenters. The van der Waals surface area contributed by atoms with Gasteiger partial charge in [-0.2, -0.15) is 0 Å². The Balaban J connectivity index is 1.16. The summed E-state index contributed by atoms with van der Waals surface area (Å²) in [5, 5.41) is 3.07. The molecule has 1 amide bonds. The van der Waals surface area contributed by atoms with Crippen molar-refractivity contribution in [3.05, 3.63) is 23.3 Å². The summed E-state index contributed by atoms with van der Waals surface area (Å²) < 4.78 is 32.9. The van der Waals surface area contributed by atoms with Crippen LogP contribution in [0.15, 0.2) is 17.0 Å². The summed E-state index contributed by atoms with van der Waals surface area (Å²) in [6, 6.07) is 5.01. The summed E-state index contributed by atoms with van der Waals surface area (Å²) in [5.41, 5.74) is 1.29. The molecule has 0 bridgehead atoms. The number of piperidine rings is 1. The highest BCUT2D eigenvalue weighted by molar-refractivity contribution is 7.89. The van der Waals surface area contributed by atoms with Crippen molar-refractivity contribution < 1.29 is 17.9 Å². The van der Waals surface area contributed by atoms with E-state index in [0.717, 1.165) is 38.0 Å². The van der Waals surface area contributed by atoms with Crippen LogP contribution in [0.1, 0.15) is 68.9 Å². The summed E-state index contributed by atoms with van der Waals surface area (Å²) in [6.45, 7) is 9.24. The molecule has 0 aromatic heterocycles. The second-order valence-electron chi connectivity index (χ2n) is 11.7. The molecule has 2 heterocycles. The predicted molar refractivity (Wildman–Crippen MR) is 151 cm³/mol. The predicted octanol–water partition coefficient (Wildman–Crippen LogP) is 3.56. The van der Waals surface area contributed by atoms with Gasteiger partial charge < -0.3 is 19.9 Å². The summed E-state index contributed by atoms with van der Waals surface area (Å²) in [4.78, 5) is 18.3. The van der Waals surface area contributed by atoms with Gasteiger partial charge in [-0.25, -0.2) is 12.7 Å². The fourth-order valence-electron chi connectivity index (χ4n) is 6.73. The van der Waals surface area contributed by atoms with Crippen LogP contribution in [0.5, 0.6) is 5.75 Å². The lowest BCUT2D eigenvalue weighted by molar-refractivity contribution is -0.121. The molecule has 0 spiro atoms. The van der Waals surface area contributed by atoms with Crippen LogP contribution in [-0.2, 0) is 14.8 Å². The van der Waals surface area contributed by atoms with Gasteiger partial charge in [0.25, 0.3) is 0 Å². The van der Waals surface area contributed by atoms with E-state index in [-0.39, 0.29) is 23.8 Å². The third-order valence-electron chi connectivity index (χ3n) is 9.07. The Morgan fingerprint density at radius 3 is 2.00 bits per heavy atom. The molecule has 0 atom stereocenters. The van der Waals surface area contributed by atoms with Crippen molar-refractivity contribution in [3.63, 3.8) is 0 Å². The molecule has 3 aliphatic rings. The van der Waals surface area contributed by atoms with Crippen LogP contribution in [0.25, 0.3) is 0 Å². The first kappa shape index (κ1) is 29.3. The maximum Gasteiger partial charge on any atom is 0.243 e. The van der Waals surface area contributed by atoms with Gasteiger partial charge in [-0.05, 0) is 121 Å². The minimum Gasteiger partial charge on any atom is -0.497 e. The van der Waals surface area contributed by atoms with Crippen LogP contribution >= 0.6 is 0 Å². The van der Waals surface area contributed by atoms with Crippen molar-refractivity contribution in [2.75, 3.05) is 53.4 Å². The highest BCUT2D eigenvalue weighted by Crippen LogP contribution is 2.31. The van der Waals surface area contributed by atoms with E-state index in [9.17, 15) is 13.2 Å². The van der Waals surface area contributed by atoms with E-state index in [1.54, 1.807) is 40.1 Å². The topological polar surface area (TPSA) is 82.2 Å². The van der Waals surface area contributed by atoms with E-state index in [1.807, 2.05) is 0 Å². The van der Waals surface area contributed by atoms with Crippen LogP contribution < -0.4 is 10.1 Å². The van der Waals surface area contributed by atoms with E-state index in [4.69, 9.17) is 4.74 Å². The van der Waals surface area contributed by atoms with Gasteiger partial charge in [0.15, 0.2) is 0 Å². The van der Waals surface area contributed by atoms with Crippen molar-refractivity contribution in [1.29, 1.82) is 0 Å². The number of hydrogen-bond donors (Lipinski definition) is 1. The molecule has 1 saturated carbocycles. The van der Waals surface area contributed by atoms with Gasteiger partial charge in [0, 0.05) is 38.6 Å². The van der Waals surface area contributed by atoms with Gasteiger partial charge in [-0.3, -0.25) is 4.79 Å². The molecule has 38 heavy (non-hydrogen) atoms. The molecule has 4 rings (SSSR count). The lowest BCUT2D eigenvalue weighted by atomic mass is 9.87. The monoisotopic (exact) mass is 548 g/mol. The fraction of sp³-hybridized carbons (Fsp3) is 0.759. The number of hydrogen-bond acceptors (Lipinski definition) is 6. The molecule has 2 aliphatic heterocycles. The van der Waals surface area contributed by atoms with Crippen molar-refractivity contribution in [2.24, 2.45) is 5.92 Å². The maximum atomic E-state index is 13.2. The highest BCUT2D eigenvalue weighted by Gasteiger charge is 2.32. The van der Waals surface area contributed by atoms with Crippen LogP contribution in [0.4, 0.5) is 0 Å². The lowest BCUT2D eigenvalue weighted by Gasteiger charge is -2.42. The molecule has 2 saturated heterocycles. The Hall–Kier alpha value is -1.68. The van der Waals surface area contributed by atoms with Gasteiger partial charge >= 0.3 is 0 Å². The summed E-state index contributed by atoms with van der Waals surface area (Å²) >= 11 is 0. The molecule has 1 aliphatic carbocycles. The number of likely N-dealkylation sites (tertiary alicyclic amines) is 2. The van der Waals surface area contributed by atoms with Crippen molar-refractivity contribution >= 4 is 15.9 Å². The third-order valence-corrected chi connectivity index (χ3v) is 11.2. The fourth-order valence-corrected chi connectivity index (χ4v) is 8.31. The molecule has 3 fully saturated rings. The number of nitrogens with one attached hydrogen (secondary N) is 1. The van der Waals surface area contributed by atoms with Crippen LogP contribution in [0, 0.1) is 19.8 Å². The Labute approximate surface area is 230 Å². The molecule has 0 radical (unpaired) electrons. The summed E-state index contributed by atoms with van der Waals surface area (Å²) in [6.07, 6.45) is 10.5. The molecule has 1 aromatic rings.